The number of fused-ring (bicyclic) bond motifs is 1. The molecule has 1 atom stereocenters. The van der Waals surface area contributed by atoms with Crippen LogP contribution >= 0.6 is 0 Å². The van der Waals surface area contributed by atoms with Crippen molar-refractivity contribution in [1.29, 1.82) is 0 Å². The summed E-state index contributed by atoms with van der Waals surface area (Å²) < 4.78 is 15.9. The van der Waals surface area contributed by atoms with Crippen molar-refractivity contribution in [1.82, 2.24) is 0 Å². The molecule has 0 radical (unpaired) electrons. The maximum atomic E-state index is 12.4. The van der Waals surface area contributed by atoms with Gasteiger partial charge in [0.15, 0.2) is 6.61 Å². The average Bonchev–Trinajstić information content (AvgIpc) is 2.87. The van der Waals surface area contributed by atoms with Crippen molar-refractivity contribution in [2.24, 2.45) is 5.92 Å². The Hall–Kier alpha value is -4.33. The lowest BCUT2D eigenvalue weighted by molar-refractivity contribution is -0.152. The monoisotopic (exact) mass is 460 g/mol. The van der Waals surface area contributed by atoms with Crippen LogP contribution in [0.3, 0.4) is 0 Å². The van der Waals surface area contributed by atoms with Crippen molar-refractivity contribution < 1.29 is 28.6 Å². The van der Waals surface area contributed by atoms with E-state index in [0.717, 1.165) is 11.3 Å². The molecule has 4 rings (SSSR count). The van der Waals surface area contributed by atoms with Gasteiger partial charge in [-0.2, -0.15) is 0 Å². The molecule has 8 heteroatoms. The van der Waals surface area contributed by atoms with Crippen molar-refractivity contribution in [3.05, 3.63) is 83.9 Å². The summed E-state index contributed by atoms with van der Waals surface area (Å²) in [6.07, 6.45) is 0.511. The zero-order valence-electron chi connectivity index (χ0n) is 18.6. The molecule has 0 aromatic heterocycles. The number of hydrogen-bond donors (Lipinski definition) is 2. The zero-order chi connectivity index (χ0) is 23.9. The standard InChI is InChI=1S/C26H24N2O6/c1-32-22-12-10-21(11-13-22)28-25(30)17-6-8-20(9-7-17)27-24(29)16-34-26(31)19-14-18-4-2-3-5-23(18)33-15-19/h2-13,19H,14-16H2,1H3,(H,27,29)(H,28,30). The summed E-state index contributed by atoms with van der Waals surface area (Å²) in [6, 6.07) is 20.9. The summed E-state index contributed by atoms with van der Waals surface area (Å²) in [6.45, 7) is -0.186. The number of carbonyl (C=O) groups excluding carboxylic acids is 3. The van der Waals surface area contributed by atoms with Gasteiger partial charge >= 0.3 is 5.97 Å². The van der Waals surface area contributed by atoms with Gasteiger partial charge in [0, 0.05) is 16.9 Å². The molecule has 1 unspecified atom stereocenters. The predicted molar refractivity (Wildman–Crippen MR) is 126 cm³/mol. The molecule has 0 aliphatic carbocycles. The molecule has 3 aromatic rings. The van der Waals surface area contributed by atoms with Crippen LogP contribution in [0.5, 0.6) is 11.5 Å². The van der Waals surface area contributed by atoms with Crippen LogP contribution in [0.15, 0.2) is 72.8 Å². The van der Waals surface area contributed by atoms with Gasteiger partial charge in [-0.05, 0) is 66.6 Å². The molecule has 0 saturated heterocycles. The molecule has 0 bridgehead atoms. The molecule has 1 heterocycles. The number of rotatable bonds is 7. The number of carbonyl (C=O) groups is 3. The number of para-hydroxylation sites is 1. The number of esters is 1. The van der Waals surface area contributed by atoms with E-state index in [4.69, 9.17) is 14.2 Å². The fourth-order valence-corrected chi connectivity index (χ4v) is 3.51. The second kappa shape index (κ2) is 10.5. The Morgan fingerprint density at radius 2 is 1.59 bits per heavy atom. The molecule has 2 amide bonds. The third-order valence-electron chi connectivity index (χ3n) is 5.34. The van der Waals surface area contributed by atoms with Crippen LogP contribution in [-0.2, 0) is 20.7 Å². The first-order chi connectivity index (χ1) is 16.5. The van der Waals surface area contributed by atoms with Crippen LogP contribution in [0, 0.1) is 5.92 Å². The lowest BCUT2D eigenvalue weighted by Gasteiger charge is -2.23. The van der Waals surface area contributed by atoms with E-state index in [1.807, 2.05) is 24.3 Å². The largest absolute Gasteiger partial charge is 0.497 e. The molecular formula is C26H24N2O6. The summed E-state index contributed by atoms with van der Waals surface area (Å²) in [5.74, 6) is -0.220. The average molecular weight is 460 g/mol. The van der Waals surface area contributed by atoms with E-state index in [2.05, 4.69) is 10.6 Å². The van der Waals surface area contributed by atoms with Gasteiger partial charge in [0.2, 0.25) is 0 Å². The minimum absolute atomic E-state index is 0.220. The Morgan fingerprint density at radius 3 is 2.32 bits per heavy atom. The molecule has 1 aliphatic heterocycles. The molecular weight excluding hydrogens is 436 g/mol. The van der Waals surface area contributed by atoms with E-state index >= 15 is 0 Å². The Balaban J connectivity index is 1.24. The van der Waals surface area contributed by atoms with Gasteiger partial charge in [-0.25, -0.2) is 0 Å². The fraction of sp³-hybridized carbons (Fsp3) is 0.192. The maximum absolute atomic E-state index is 12.4. The van der Waals surface area contributed by atoms with Gasteiger partial charge in [-0.15, -0.1) is 0 Å². The van der Waals surface area contributed by atoms with Gasteiger partial charge in [-0.1, -0.05) is 18.2 Å². The van der Waals surface area contributed by atoms with E-state index < -0.39 is 24.4 Å². The highest BCUT2D eigenvalue weighted by molar-refractivity contribution is 6.04. The fourth-order valence-electron chi connectivity index (χ4n) is 3.51. The second-order valence-electron chi connectivity index (χ2n) is 7.74. The molecule has 8 nitrogen and oxygen atoms in total. The molecule has 2 N–H and O–H groups in total. The van der Waals surface area contributed by atoms with Crippen LogP contribution in [0.2, 0.25) is 0 Å². The summed E-state index contributed by atoms with van der Waals surface area (Å²) in [5.41, 5.74) is 2.49. The molecule has 0 saturated carbocycles. The first-order valence-corrected chi connectivity index (χ1v) is 10.7. The normalized spacial score (nSPS) is 14.2. The van der Waals surface area contributed by atoms with Crippen LogP contribution in [0.1, 0.15) is 15.9 Å². The lowest BCUT2D eigenvalue weighted by Crippen LogP contribution is -2.31. The first-order valence-electron chi connectivity index (χ1n) is 10.7. The summed E-state index contributed by atoms with van der Waals surface area (Å²) in [4.78, 5) is 36.9. The highest BCUT2D eigenvalue weighted by Gasteiger charge is 2.27. The lowest BCUT2D eigenvalue weighted by atomic mass is 9.97. The Kier molecular flexibility index (Phi) is 7.07. The molecule has 1 aliphatic rings. The molecule has 3 aromatic carbocycles. The highest BCUT2D eigenvalue weighted by atomic mass is 16.5. The zero-order valence-corrected chi connectivity index (χ0v) is 18.6. The smallest absolute Gasteiger partial charge is 0.313 e. The van der Waals surface area contributed by atoms with E-state index in [9.17, 15) is 14.4 Å². The topological polar surface area (TPSA) is 103 Å². The summed E-state index contributed by atoms with van der Waals surface area (Å²) in [7, 11) is 1.57. The number of anilines is 2. The van der Waals surface area contributed by atoms with Crippen molar-refractivity contribution in [3.63, 3.8) is 0 Å². The molecule has 0 spiro atoms. The third kappa shape index (κ3) is 5.72. The molecule has 34 heavy (non-hydrogen) atoms. The Labute approximate surface area is 196 Å². The van der Waals surface area contributed by atoms with E-state index in [-0.39, 0.29) is 12.5 Å². The van der Waals surface area contributed by atoms with Crippen molar-refractivity contribution in [3.8, 4) is 11.5 Å². The number of hydrogen-bond acceptors (Lipinski definition) is 6. The highest BCUT2D eigenvalue weighted by Crippen LogP contribution is 2.27. The van der Waals surface area contributed by atoms with Gasteiger partial charge < -0.3 is 24.8 Å². The number of ether oxygens (including phenoxy) is 3. The Morgan fingerprint density at radius 1 is 0.912 bits per heavy atom. The van der Waals surface area contributed by atoms with Crippen LogP contribution < -0.4 is 20.1 Å². The summed E-state index contributed by atoms with van der Waals surface area (Å²) in [5, 5.41) is 5.44. The number of amides is 2. The minimum Gasteiger partial charge on any atom is -0.497 e. The van der Waals surface area contributed by atoms with Gasteiger partial charge in [-0.3, -0.25) is 14.4 Å². The van der Waals surface area contributed by atoms with Gasteiger partial charge in [0.1, 0.15) is 18.1 Å². The van der Waals surface area contributed by atoms with Crippen molar-refractivity contribution >= 4 is 29.2 Å². The predicted octanol–water partition coefficient (Wildman–Crippen LogP) is 3.68. The molecule has 174 valence electrons. The quantitative estimate of drug-likeness (QED) is 0.522. The van der Waals surface area contributed by atoms with Gasteiger partial charge in [0.25, 0.3) is 11.8 Å². The van der Waals surface area contributed by atoms with E-state index in [0.29, 0.717) is 29.1 Å². The summed E-state index contributed by atoms with van der Waals surface area (Å²) >= 11 is 0. The number of methoxy groups -OCH3 is 1. The van der Waals surface area contributed by atoms with Crippen LogP contribution in [-0.4, -0.2) is 38.1 Å². The SMILES string of the molecule is COc1ccc(NC(=O)c2ccc(NC(=O)COC(=O)C3COc4ccccc4C3)cc2)cc1. The van der Waals surface area contributed by atoms with Crippen molar-refractivity contribution in [2.45, 2.75) is 6.42 Å². The van der Waals surface area contributed by atoms with Crippen LogP contribution in [0.4, 0.5) is 11.4 Å². The Bertz CT molecular complexity index is 1170. The minimum atomic E-state index is -0.477. The first kappa shape index (κ1) is 22.8. The van der Waals surface area contributed by atoms with Gasteiger partial charge in [0.05, 0.1) is 13.0 Å². The van der Waals surface area contributed by atoms with Crippen LogP contribution in [0.25, 0.3) is 0 Å². The molecule has 0 fully saturated rings. The maximum Gasteiger partial charge on any atom is 0.313 e. The number of benzene rings is 3. The van der Waals surface area contributed by atoms with E-state index in [1.54, 1.807) is 55.6 Å². The third-order valence-corrected chi connectivity index (χ3v) is 5.34. The van der Waals surface area contributed by atoms with E-state index in [1.165, 1.54) is 0 Å². The number of nitrogens with one attached hydrogen (secondary N) is 2. The van der Waals surface area contributed by atoms with Crippen molar-refractivity contribution in [2.75, 3.05) is 31.0 Å². The second-order valence-corrected chi connectivity index (χ2v) is 7.74.